The second-order valence-electron chi connectivity index (χ2n) is 5.63. The molecule has 1 aromatic carbocycles. The van der Waals surface area contributed by atoms with Gasteiger partial charge < -0.3 is 14.6 Å². The fourth-order valence-corrected chi connectivity index (χ4v) is 2.59. The van der Waals surface area contributed by atoms with Gasteiger partial charge in [0.2, 0.25) is 0 Å². The van der Waals surface area contributed by atoms with Gasteiger partial charge in [-0.15, -0.1) is 0 Å². The Bertz CT molecular complexity index is 1230. The predicted molar refractivity (Wildman–Crippen MR) is 95.7 cm³/mol. The van der Waals surface area contributed by atoms with Crippen LogP contribution in [0, 0.1) is 11.3 Å². The van der Waals surface area contributed by atoms with E-state index in [1.54, 1.807) is 0 Å². The Morgan fingerprint density at radius 1 is 1.46 bits per heavy atom. The lowest BCUT2D eigenvalue weighted by atomic mass is 9.75. The maximum atomic E-state index is 11.6. The van der Waals surface area contributed by atoms with Crippen LogP contribution in [0.15, 0.2) is 12.1 Å². The third kappa shape index (κ3) is 3.40. The fourth-order valence-electron chi connectivity index (χ4n) is 2.59. The van der Waals surface area contributed by atoms with Crippen molar-refractivity contribution in [1.29, 1.82) is 0 Å². The largest absolute Gasteiger partial charge is 0.493 e. The van der Waals surface area contributed by atoms with E-state index in [0.717, 1.165) is 14.2 Å². The number of fused-ring (bicyclic) bond motifs is 3. The van der Waals surface area contributed by atoms with E-state index < -0.39 is 86.3 Å². The number of hydrogen-bond acceptors (Lipinski definition) is 4. The zero-order valence-corrected chi connectivity index (χ0v) is 13.6. The minimum absolute atomic E-state index is 0.190. The molecule has 1 fully saturated rings. The predicted octanol–water partition coefficient (Wildman–Crippen LogP) is 3.42. The molecule has 3 unspecified atom stereocenters. The molecule has 4 nitrogen and oxygen atoms in total. The van der Waals surface area contributed by atoms with Crippen LogP contribution in [0.5, 0.6) is 11.5 Å². The highest BCUT2D eigenvalue weighted by Gasteiger charge is 2.39. The quantitative estimate of drug-likeness (QED) is 0.907. The van der Waals surface area contributed by atoms with Crippen molar-refractivity contribution in [3.8, 4) is 11.5 Å². The molecule has 4 heteroatoms. The number of ether oxygens (including phenoxy) is 2. The normalized spacial score (nSPS) is 52.8. The SMILES string of the molecule is [2H]c1c2c(c([2H])c(OC)c1OC)C1([2H])N(CC2)C([2H])([2H])C([2H])(C([2H])([2H])C(C)(C([2H])([2H])[2H])C([2H])([2H])[2H])C([2H])(O)C1([2H])[2H]. The van der Waals surface area contributed by atoms with Gasteiger partial charge in [0.05, 0.1) is 25.8 Å². The van der Waals surface area contributed by atoms with Crippen LogP contribution >= 0.6 is 0 Å². The van der Waals surface area contributed by atoms with Crippen molar-refractivity contribution in [1.82, 2.24) is 4.90 Å². The van der Waals surface area contributed by atoms with E-state index in [2.05, 4.69) is 0 Å². The second-order valence-corrected chi connectivity index (χ2v) is 5.63. The lowest BCUT2D eigenvalue weighted by Crippen LogP contribution is -2.48. The van der Waals surface area contributed by atoms with Crippen molar-refractivity contribution in [3.63, 3.8) is 0 Å². The van der Waals surface area contributed by atoms with Crippen LogP contribution in [0.4, 0.5) is 0 Å². The molecule has 134 valence electrons. The van der Waals surface area contributed by atoms with Gasteiger partial charge in [-0.3, -0.25) is 4.90 Å². The van der Waals surface area contributed by atoms with Gasteiger partial charge in [0.25, 0.3) is 0 Å². The molecule has 0 radical (unpaired) electrons. The van der Waals surface area contributed by atoms with Gasteiger partial charge in [0.15, 0.2) is 11.5 Å². The summed E-state index contributed by atoms with van der Waals surface area (Å²) in [5.74, 6) is -4.96. The van der Waals surface area contributed by atoms with Crippen LogP contribution < -0.4 is 9.47 Å². The Labute approximate surface area is 169 Å². The first-order chi connectivity index (χ1) is 18.1. The second kappa shape index (κ2) is 6.57. The monoisotopic (exact) mass is 350 g/mol. The Hall–Kier alpha value is -1.26. The Morgan fingerprint density at radius 2 is 2.17 bits per heavy atom. The molecule has 0 spiro atoms. The van der Waals surface area contributed by atoms with E-state index in [9.17, 15) is 6.48 Å². The number of hydrogen-bond donors (Lipinski definition) is 1. The Balaban J connectivity index is 2.54. The van der Waals surface area contributed by atoms with Crippen molar-refractivity contribution in [3.05, 3.63) is 23.2 Å². The molecule has 3 rings (SSSR count). The van der Waals surface area contributed by atoms with Gasteiger partial charge >= 0.3 is 0 Å². The van der Waals surface area contributed by atoms with Crippen LogP contribution in [-0.4, -0.2) is 43.3 Å². The topological polar surface area (TPSA) is 41.9 Å². The molecule has 24 heavy (non-hydrogen) atoms. The summed E-state index contributed by atoms with van der Waals surface area (Å²) in [6.07, 6.45) is -12.9. The van der Waals surface area contributed by atoms with Gasteiger partial charge in [0.1, 0.15) is 0 Å². The maximum Gasteiger partial charge on any atom is 0.161 e. The van der Waals surface area contributed by atoms with Crippen molar-refractivity contribution in [2.45, 2.75) is 51.9 Å². The average molecular weight is 351 g/mol. The summed E-state index contributed by atoms with van der Waals surface area (Å²) in [5, 5.41) is 11.6. The summed E-state index contributed by atoms with van der Waals surface area (Å²) in [6.45, 7) is -11.8. The van der Waals surface area contributed by atoms with Crippen LogP contribution in [0.25, 0.3) is 0 Å². The van der Waals surface area contributed by atoms with Gasteiger partial charge in [-0.05, 0) is 53.7 Å². The van der Waals surface area contributed by atoms with E-state index in [0.29, 0.717) is 6.92 Å². The van der Waals surface area contributed by atoms with E-state index >= 15 is 0 Å². The average Bonchev–Trinajstić information content (AvgIpc) is 2.81. The van der Waals surface area contributed by atoms with Gasteiger partial charge in [0, 0.05) is 36.9 Å². The number of benzene rings is 1. The molecule has 1 aromatic rings. The van der Waals surface area contributed by atoms with Gasteiger partial charge in [-0.25, -0.2) is 0 Å². The first-order valence-electron chi connectivity index (χ1n) is 15.8. The summed E-state index contributed by atoms with van der Waals surface area (Å²) >= 11 is 0. The summed E-state index contributed by atoms with van der Waals surface area (Å²) in [7, 11) is 2.25. The van der Waals surface area contributed by atoms with Crippen LogP contribution in [0.1, 0.15) is 73.8 Å². The summed E-state index contributed by atoms with van der Waals surface area (Å²) < 4.78 is 155. The number of methoxy groups -OCH3 is 2. The molecule has 0 aliphatic carbocycles. The molecular formula is C20H31NO3. The van der Waals surface area contributed by atoms with E-state index in [-0.39, 0.29) is 22.6 Å². The number of piperidine rings is 1. The first kappa shape index (κ1) is 6.17. The fraction of sp³-hybridized carbons (Fsp3) is 0.700. The lowest BCUT2D eigenvalue weighted by molar-refractivity contribution is -0.0259. The molecule has 0 saturated carbocycles. The smallest absolute Gasteiger partial charge is 0.161 e. The molecule has 0 amide bonds. The number of aliphatic hydroxyl groups is 1. The van der Waals surface area contributed by atoms with E-state index in [4.69, 9.17) is 31.4 Å². The summed E-state index contributed by atoms with van der Waals surface area (Å²) in [4.78, 5) is 0.277. The zero-order chi connectivity index (χ0) is 32.4. The minimum atomic E-state index is -4.39. The lowest BCUT2D eigenvalue weighted by Gasteiger charge is -2.47. The van der Waals surface area contributed by atoms with Crippen LogP contribution in [0.3, 0.4) is 0 Å². The van der Waals surface area contributed by atoms with Crippen molar-refractivity contribution in [2.75, 3.05) is 27.3 Å². The highest BCUT2D eigenvalue weighted by molar-refractivity contribution is 5.49. The highest BCUT2D eigenvalue weighted by atomic mass is 16.5. The van der Waals surface area contributed by atoms with Crippen molar-refractivity contribution >= 4 is 0 Å². The molecule has 0 aromatic heterocycles. The molecular weight excluding hydrogens is 302 g/mol. The van der Waals surface area contributed by atoms with Gasteiger partial charge in [-0.1, -0.05) is 20.6 Å². The number of nitrogens with zero attached hydrogens (tertiary/aromatic N) is 1. The van der Waals surface area contributed by atoms with Gasteiger partial charge in [-0.2, -0.15) is 0 Å². The van der Waals surface area contributed by atoms with Crippen LogP contribution in [0.2, 0.25) is 0 Å². The zero-order valence-electron chi connectivity index (χ0n) is 30.6. The molecule has 1 saturated heterocycles. The highest BCUT2D eigenvalue weighted by Crippen LogP contribution is 2.44. The van der Waals surface area contributed by atoms with Crippen molar-refractivity contribution in [2.24, 2.45) is 11.3 Å². The summed E-state index contributed by atoms with van der Waals surface area (Å²) in [5.41, 5.74) is -4.55. The van der Waals surface area contributed by atoms with Crippen molar-refractivity contribution < 1.29 is 37.9 Å². The number of rotatable bonds is 3. The molecule has 2 aliphatic heterocycles. The third-order valence-corrected chi connectivity index (χ3v) is 3.61. The third-order valence-electron chi connectivity index (χ3n) is 3.61. The molecule has 3 atom stereocenters. The molecule has 2 aliphatic rings. The Kier molecular flexibility index (Phi) is 1.69. The summed E-state index contributed by atoms with van der Waals surface area (Å²) in [6, 6.07) is -4.54. The minimum Gasteiger partial charge on any atom is -0.493 e. The first-order valence-corrected chi connectivity index (χ1v) is 7.32. The maximum absolute atomic E-state index is 11.6. The Morgan fingerprint density at radius 3 is 2.83 bits per heavy atom. The molecule has 0 bridgehead atoms. The van der Waals surface area contributed by atoms with E-state index in [1.807, 2.05) is 0 Å². The van der Waals surface area contributed by atoms with E-state index in [1.165, 1.54) is 0 Å². The standard InChI is InChI=1S/C20H31NO3/c1-20(2,3)11-14-12-21-7-6-13-8-18(23-4)19(24-5)9-15(13)16(21)10-17(14)22/h8-9,14,16-17,22H,6-7,10-12H2,1-5H3/i1D3,2D3,8D,9D,10D2,11D2,12D2,14D,16D,17D. The molecule has 1 N–H and O–H groups in total. The molecule has 2 heterocycles. The van der Waals surface area contributed by atoms with Crippen LogP contribution in [-0.2, 0) is 6.42 Å².